The van der Waals surface area contributed by atoms with Crippen molar-refractivity contribution in [1.82, 2.24) is 10.2 Å². The number of amides is 1. The van der Waals surface area contributed by atoms with Crippen molar-refractivity contribution in [1.29, 1.82) is 0 Å². The second-order valence-corrected chi connectivity index (χ2v) is 6.27. The average molecular weight is 317 g/mol. The predicted octanol–water partition coefficient (Wildman–Crippen LogP) is 2.75. The molecule has 0 unspecified atom stereocenters. The van der Waals surface area contributed by atoms with Crippen molar-refractivity contribution >= 4 is 11.6 Å². The Labute approximate surface area is 140 Å². The molecule has 0 atom stereocenters. The molecule has 2 rings (SSSR count). The maximum Gasteiger partial charge on any atom is 0.223 e. The van der Waals surface area contributed by atoms with E-state index in [0.29, 0.717) is 0 Å². The van der Waals surface area contributed by atoms with Gasteiger partial charge in [-0.25, -0.2) is 0 Å². The molecule has 0 spiro atoms. The molecule has 0 saturated carbocycles. The molecule has 1 N–H and O–H groups in total. The highest BCUT2D eigenvalue weighted by molar-refractivity contribution is 5.78. The number of nitrogens with zero attached hydrogens (tertiary/aromatic N) is 2. The SMILES string of the molecule is CCN(CC)CCCNC(=O)C1CCN(c2ccccc2)CC1. The van der Waals surface area contributed by atoms with Crippen LogP contribution in [0.3, 0.4) is 0 Å². The van der Waals surface area contributed by atoms with E-state index in [1.165, 1.54) is 5.69 Å². The monoisotopic (exact) mass is 317 g/mol. The van der Waals surface area contributed by atoms with Gasteiger partial charge in [0.25, 0.3) is 0 Å². The molecule has 0 radical (unpaired) electrons. The third-order valence-corrected chi connectivity index (χ3v) is 4.83. The van der Waals surface area contributed by atoms with Crippen molar-refractivity contribution in [2.45, 2.75) is 33.1 Å². The predicted molar refractivity (Wildman–Crippen MR) is 96.8 cm³/mol. The van der Waals surface area contributed by atoms with Gasteiger partial charge in [0.2, 0.25) is 5.91 Å². The molecule has 0 aromatic heterocycles. The van der Waals surface area contributed by atoms with Gasteiger partial charge in [-0.3, -0.25) is 4.79 Å². The summed E-state index contributed by atoms with van der Waals surface area (Å²) in [6.45, 7) is 10.4. The van der Waals surface area contributed by atoms with Crippen LogP contribution in [0, 0.1) is 5.92 Å². The number of anilines is 1. The summed E-state index contributed by atoms with van der Waals surface area (Å²) < 4.78 is 0. The van der Waals surface area contributed by atoms with Crippen LogP contribution in [0.25, 0.3) is 0 Å². The first-order valence-electron chi connectivity index (χ1n) is 9.04. The van der Waals surface area contributed by atoms with Gasteiger partial charge in [-0.2, -0.15) is 0 Å². The van der Waals surface area contributed by atoms with Gasteiger partial charge in [0.15, 0.2) is 0 Å². The van der Waals surface area contributed by atoms with E-state index in [1.807, 2.05) is 6.07 Å². The first-order valence-corrected chi connectivity index (χ1v) is 9.04. The number of hydrogen-bond donors (Lipinski definition) is 1. The second kappa shape index (κ2) is 9.56. The zero-order valence-electron chi connectivity index (χ0n) is 14.6. The summed E-state index contributed by atoms with van der Waals surface area (Å²) in [5.41, 5.74) is 1.27. The van der Waals surface area contributed by atoms with E-state index in [4.69, 9.17) is 0 Å². The van der Waals surface area contributed by atoms with Crippen LogP contribution < -0.4 is 10.2 Å². The molecule has 128 valence electrons. The van der Waals surface area contributed by atoms with Gasteiger partial charge in [0, 0.05) is 31.2 Å². The Balaban J connectivity index is 1.66. The molecule has 0 aliphatic carbocycles. The zero-order valence-corrected chi connectivity index (χ0v) is 14.6. The molecule has 0 bridgehead atoms. The summed E-state index contributed by atoms with van der Waals surface area (Å²) in [5.74, 6) is 0.431. The highest BCUT2D eigenvalue weighted by Crippen LogP contribution is 2.23. The van der Waals surface area contributed by atoms with Crippen LogP contribution >= 0.6 is 0 Å². The standard InChI is InChI=1S/C19H31N3O/c1-3-21(4-2)14-8-13-20-19(23)17-11-15-22(16-12-17)18-9-6-5-7-10-18/h5-7,9-10,17H,3-4,8,11-16H2,1-2H3,(H,20,23). The normalized spacial score (nSPS) is 15.9. The van der Waals surface area contributed by atoms with Crippen molar-refractivity contribution in [3.05, 3.63) is 30.3 Å². The Bertz CT molecular complexity index is 451. The summed E-state index contributed by atoms with van der Waals surface area (Å²) in [7, 11) is 0. The van der Waals surface area contributed by atoms with Crippen LogP contribution in [0.4, 0.5) is 5.69 Å². The number of benzene rings is 1. The molecule has 23 heavy (non-hydrogen) atoms. The maximum atomic E-state index is 12.3. The summed E-state index contributed by atoms with van der Waals surface area (Å²) in [4.78, 5) is 17.1. The van der Waals surface area contributed by atoms with Gasteiger partial charge in [-0.1, -0.05) is 32.0 Å². The fourth-order valence-corrected chi connectivity index (χ4v) is 3.24. The van der Waals surface area contributed by atoms with Crippen LogP contribution in [0.2, 0.25) is 0 Å². The number of para-hydroxylation sites is 1. The van der Waals surface area contributed by atoms with Gasteiger partial charge in [-0.15, -0.1) is 0 Å². The molecule has 1 heterocycles. The number of nitrogens with one attached hydrogen (secondary N) is 1. The van der Waals surface area contributed by atoms with Crippen molar-refractivity contribution in [2.75, 3.05) is 44.2 Å². The van der Waals surface area contributed by atoms with Gasteiger partial charge >= 0.3 is 0 Å². The third-order valence-electron chi connectivity index (χ3n) is 4.83. The largest absolute Gasteiger partial charge is 0.371 e. The number of carbonyl (C=O) groups is 1. The lowest BCUT2D eigenvalue weighted by Gasteiger charge is -2.33. The van der Waals surface area contributed by atoms with Crippen LogP contribution in [0.5, 0.6) is 0 Å². The first-order chi connectivity index (χ1) is 11.2. The number of rotatable bonds is 8. The quantitative estimate of drug-likeness (QED) is 0.749. The molecule has 1 amide bonds. The first kappa shape index (κ1) is 17.8. The Morgan fingerprint density at radius 1 is 1.17 bits per heavy atom. The summed E-state index contributed by atoms with van der Waals surface area (Å²) in [6.07, 6.45) is 2.95. The van der Waals surface area contributed by atoms with E-state index in [9.17, 15) is 4.79 Å². The topological polar surface area (TPSA) is 35.6 Å². The van der Waals surface area contributed by atoms with Crippen molar-refractivity contribution < 1.29 is 4.79 Å². The number of piperidine rings is 1. The summed E-state index contributed by atoms with van der Waals surface area (Å²) in [5, 5.41) is 3.13. The van der Waals surface area contributed by atoms with Crippen molar-refractivity contribution in [3.63, 3.8) is 0 Å². The Kier molecular flexibility index (Phi) is 7.40. The van der Waals surface area contributed by atoms with Gasteiger partial charge in [0.1, 0.15) is 0 Å². The lowest BCUT2D eigenvalue weighted by molar-refractivity contribution is -0.125. The van der Waals surface area contributed by atoms with Crippen LogP contribution in [0.15, 0.2) is 30.3 Å². The van der Waals surface area contributed by atoms with E-state index in [2.05, 4.69) is 53.2 Å². The van der Waals surface area contributed by atoms with E-state index < -0.39 is 0 Å². The summed E-state index contributed by atoms with van der Waals surface area (Å²) in [6, 6.07) is 10.5. The van der Waals surface area contributed by atoms with Crippen molar-refractivity contribution in [2.24, 2.45) is 5.92 Å². The molecule has 1 aliphatic heterocycles. The van der Waals surface area contributed by atoms with Crippen LogP contribution in [-0.2, 0) is 4.79 Å². The lowest BCUT2D eigenvalue weighted by Crippen LogP contribution is -2.41. The highest BCUT2D eigenvalue weighted by atomic mass is 16.1. The molecule has 1 aromatic carbocycles. The van der Waals surface area contributed by atoms with Crippen molar-refractivity contribution in [3.8, 4) is 0 Å². The minimum Gasteiger partial charge on any atom is -0.371 e. The fourth-order valence-electron chi connectivity index (χ4n) is 3.24. The molecule has 1 fully saturated rings. The van der Waals surface area contributed by atoms with E-state index in [1.54, 1.807) is 0 Å². The smallest absolute Gasteiger partial charge is 0.223 e. The Morgan fingerprint density at radius 2 is 1.83 bits per heavy atom. The minimum atomic E-state index is 0.184. The fraction of sp³-hybridized carbons (Fsp3) is 0.632. The van der Waals surface area contributed by atoms with Gasteiger partial charge in [-0.05, 0) is 51.0 Å². The number of hydrogen-bond acceptors (Lipinski definition) is 3. The molecular weight excluding hydrogens is 286 g/mol. The molecule has 1 aliphatic rings. The molecule has 4 heteroatoms. The van der Waals surface area contributed by atoms with E-state index in [-0.39, 0.29) is 11.8 Å². The zero-order chi connectivity index (χ0) is 16.5. The van der Waals surface area contributed by atoms with Crippen LogP contribution in [0.1, 0.15) is 33.1 Å². The molecule has 4 nitrogen and oxygen atoms in total. The molecule has 1 aromatic rings. The summed E-state index contributed by atoms with van der Waals surface area (Å²) >= 11 is 0. The second-order valence-electron chi connectivity index (χ2n) is 6.27. The maximum absolute atomic E-state index is 12.3. The Hall–Kier alpha value is -1.55. The minimum absolute atomic E-state index is 0.184. The average Bonchev–Trinajstić information content (AvgIpc) is 2.62. The third kappa shape index (κ3) is 5.54. The van der Waals surface area contributed by atoms with Gasteiger partial charge in [0.05, 0.1) is 0 Å². The lowest BCUT2D eigenvalue weighted by atomic mass is 9.95. The van der Waals surface area contributed by atoms with Crippen LogP contribution in [-0.4, -0.2) is 50.1 Å². The van der Waals surface area contributed by atoms with E-state index in [0.717, 1.165) is 58.5 Å². The highest BCUT2D eigenvalue weighted by Gasteiger charge is 2.24. The molecular formula is C19H31N3O. The van der Waals surface area contributed by atoms with Gasteiger partial charge < -0.3 is 15.1 Å². The Morgan fingerprint density at radius 3 is 2.43 bits per heavy atom. The molecule has 1 saturated heterocycles. The van der Waals surface area contributed by atoms with E-state index >= 15 is 0 Å². The number of carbonyl (C=O) groups excluding carboxylic acids is 1.